The molecule has 0 fully saturated rings. The number of nitrogens with zero attached hydrogens (tertiary/aromatic N) is 1. The van der Waals surface area contributed by atoms with Crippen LogP contribution in [0.25, 0.3) is 0 Å². The SMILES string of the molecule is Cc1cc(C(=O)NCCCCN(C)C)ccc1Br. The number of carbonyl (C=O) groups excluding carboxylic acids is 1. The molecule has 1 rings (SSSR count). The second-order valence-corrected chi connectivity index (χ2v) is 5.58. The van der Waals surface area contributed by atoms with E-state index in [0.29, 0.717) is 0 Å². The van der Waals surface area contributed by atoms with Crippen molar-refractivity contribution in [2.75, 3.05) is 27.2 Å². The fourth-order valence-corrected chi connectivity index (χ4v) is 1.89. The Bertz CT molecular complexity index is 405. The summed E-state index contributed by atoms with van der Waals surface area (Å²) in [6.07, 6.45) is 2.12. The molecule has 1 aromatic rings. The van der Waals surface area contributed by atoms with Gasteiger partial charge in [-0.2, -0.15) is 0 Å². The molecule has 1 N–H and O–H groups in total. The van der Waals surface area contributed by atoms with Gasteiger partial charge in [0.05, 0.1) is 0 Å². The van der Waals surface area contributed by atoms with Crippen molar-refractivity contribution >= 4 is 21.8 Å². The van der Waals surface area contributed by atoms with Crippen molar-refractivity contribution in [1.82, 2.24) is 10.2 Å². The Labute approximate surface area is 118 Å². The topological polar surface area (TPSA) is 32.3 Å². The standard InChI is InChI=1S/C14H21BrN2O/c1-11-10-12(6-7-13(11)15)14(18)16-8-4-5-9-17(2)3/h6-7,10H,4-5,8-9H2,1-3H3,(H,16,18). The van der Waals surface area contributed by atoms with Gasteiger partial charge in [0.25, 0.3) is 5.91 Å². The normalized spacial score (nSPS) is 10.7. The Kier molecular flexibility index (Phi) is 6.36. The zero-order chi connectivity index (χ0) is 13.5. The average molecular weight is 313 g/mol. The van der Waals surface area contributed by atoms with Crippen LogP contribution in [0.2, 0.25) is 0 Å². The molecule has 0 aliphatic rings. The number of benzene rings is 1. The van der Waals surface area contributed by atoms with Gasteiger partial charge in [0.1, 0.15) is 0 Å². The first kappa shape index (κ1) is 15.2. The van der Waals surface area contributed by atoms with E-state index in [4.69, 9.17) is 0 Å². The minimum Gasteiger partial charge on any atom is -0.352 e. The van der Waals surface area contributed by atoms with E-state index in [1.165, 1.54) is 0 Å². The van der Waals surface area contributed by atoms with Crippen LogP contribution in [-0.2, 0) is 0 Å². The molecule has 0 radical (unpaired) electrons. The van der Waals surface area contributed by atoms with Crippen LogP contribution in [-0.4, -0.2) is 38.0 Å². The summed E-state index contributed by atoms with van der Waals surface area (Å²) in [7, 11) is 4.12. The second-order valence-electron chi connectivity index (χ2n) is 4.73. The smallest absolute Gasteiger partial charge is 0.251 e. The van der Waals surface area contributed by atoms with E-state index >= 15 is 0 Å². The molecule has 0 unspecified atom stereocenters. The summed E-state index contributed by atoms with van der Waals surface area (Å²) in [5, 5.41) is 2.95. The van der Waals surface area contributed by atoms with Gasteiger partial charge < -0.3 is 10.2 Å². The molecule has 4 heteroatoms. The van der Waals surface area contributed by atoms with Crippen molar-refractivity contribution in [2.24, 2.45) is 0 Å². The average Bonchev–Trinajstić information content (AvgIpc) is 2.31. The number of halogens is 1. The fourth-order valence-electron chi connectivity index (χ4n) is 1.64. The Morgan fingerprint density at radius 2 is 2.06 bits per heavy atom. The van der Waals surface area contributed by atoms with Crippen molar-refractivity contribution in [1.29, 1.82) is 0 Å². The third-order valence-corrected chi connectivity index (χ3v) is 3.63. The van der Waals surface area contributed by atoms with E-state index in [0.717, 1.165) is 41.5 Å². The highest BCUT2D eigenvalue weighted by atomic mass is 79.9. The molecule has 0 aliphatic heterocycles. The molecule has 18 heavy (non-hydrogen) atoms. The van der Waals surface area contributed by atoms with E-state index in [1.807, 2.05) is 25.1 Å². The first-order valence-corrected chi connectivity index (χ1v) is 6.99. The van der Waals surface area contributed by atoms with Crippen molar-refractivity contribution in [3.05, 3.63) is 33.8 Å². The predicted molar refractivity (Wildman–Crippen MR) is 79.0 cm³/mol. The van der Waals surface area contributed by atoms with Crippen LogP contribution in [0.3, 0.4) is 0 Å². The lowest BCUT2D eigenvalue weighted by molar-refractivity contribution is 0.0952. The van der Waals surface area contributed by atoms with Gasteiger partial charge in [0.15, 0.2) is 0 Å². The Balaban J connectivity index is 2.34. The van der Waals surface area contributed by atoms with Crippen LogP contribution in [0, 0.1) is 6.92 Å². The lowest BCUT2D eigenvalue weighted by Crippen LogP contribution is -2.25. The minimum atomic E-state index is 0.00968. The number of hydrogen-bond acceptors (Lipinski definition) is 2. The zero-order valence-corrected chi connectivity index (χ0v) is 12.9. The molecular weight excluding hydrogens is 292 g/mol. The second kappa shape index (κ2) is 7.54. The zero-order valence-electron chi connectivity index (χ0n) is 11.3. The summed E-state index contributed by atoms with van der Waals surface area (Å²) in [6, 6.07) is 5.65. The summed E-state index contributed by atoms with van der Waals surface area (Å²) in [6.45, 7) is 3.78. The number of hydrogen-bond donors (Lipinski definition) is 1. The van der Waals surface area contributed by atoms with Gasteiger partial charge in [-0.3, -0.25) is 4.79 Å². The third-order valence-electron chi connectivity index (χ3n) is 2.74. The largest absolute Gasteiger partial charge is 0.352 e. The van der Waals surface area contributed by atoms with Gasteiger partial charge in [0.2, 0.25) is 0 Å². The van der Waals surface area contributed by atoms with Crippen LogP contribution in [0.1, 0.15) is 28.8 Å². The molecule has 0 spiro atoms. The Morgan fingerprint density at radius 1 is 1.33 bits per heavy atom. The van der Waals surface area contributed by atoms with Crippen LogP contribution >= 0.6 is 15.9 Å². The predicted octanol–water partition coefficient (Wildman–Crippen LogP) is 2.83. The quantitative estimate of drug-likeness (QED) is 0.819. The minimum absolute atomic E-state index is 0.00968. The van der Waals surface area contributed by atoms with Crippen molar-refractivity contribution in [2.45, 2.75) is 19.8 Å². The van der Waals surface area contributed by atoms with Crippen molar-refractivity contribution in [3.63, 3.8) is 0 Å². The summed E-state index contributed by atoms with van der Waals surface area (Å²) in [5.41, 5.74) is 1.80. The number of aryl methyl sites for hydroxylation is 1. The van der Waals surface area contributed by atoms with E-state index in [-0.39, 0.29) is 5.91 Å². The molecule has 0 aliphatic carbocycles. The van der Waals surface area contributed by atoms with Gasteiger partial charge >= 0.3 is 0 Å². The highest BCUT2D eigenvalue weighted by Gasteiger charge is 2.06. The van der Waals surface area contributed by atoms with Crippen LogP contribution in [0.4, 0.5) is 0 Å². The highest BCUT2D eigenvalue weighted by Crippen LogP contribution is 2.16. The first-order valence-electron chi connectivity index (χ1n) is 6.20. The highest BCUT2D eigenvalue weighted by molar-refractivity contribution is 9.10. The summed E-state index contributed by atoms with van der Waals surface area (Å²) in [5.74, 6) is 0.00968. The van der Waals surface area contributed by atoms with E-state index in [1.54, 1.807) is 0 Å². The molecule has 0 atom stereocenters. The molecule has 0 aromatic heterocycles. The first-order chi connectivity index (χ1) is 8.50. The van der Waals surface area contributed by atoms with Gasteiger partial charge in [-0.15, -0.1) is 0 Å². The summed E-state index contributed by atoms with van der Waals surface area (Å²) >= 11 is 3.43. The van der Waals surface area contributed by atoms with Crippen LogP contribution < -0.4 is 5.32 Å². The van der Waals surface area contributed by atoms with Gasteiger partial charge in [-0.05, 0) is 64.2 Å². The summed E-state index contributed by atoms with van der Waals surface area (Å²) in [4.78, 5) is 14.0. The van der Waals surface area contributed by atoms with Crippen LogP contribution in [0.5, 0.6) is 0 Å². The number of unbranched alkanes of at least 4 members (excludes halogenated alkanes) is 1. The maximum absolute atomic E-state index is 11.9. The molecule has 0 saturated heterocycles. The van der Waals surface area contributed by atoms with E-state index < -0.39 is 0 Å². The van der Waals surface area contributed by atoms with Crippen molar-refractivity contribution in [3.8, 4) is 0 Å². The molecule has 0 bridgehead atoms. The molecular formula is C14H21BrN2O. The lowest BCUT2D eigenvalue weighted by Gasteiger charge is -2.10. The number of carbonyl (C=O) groups is 1. The molecule has 100 valence electrons. The summed E-state index contributed by atoms with van der Waals surface area (Å²) < 4.78 is 1.03. The van der Waals surface area contributed by atoms with Gasteiger partial charge in [-0.1, -0.05) is 15.9 Å². The lowest BCUT2D eigenvalue weighted by atomic mass is 10.1. The molecule has 1 amide bonds. The number of rotatable bonds is 6. The Morgan fingerprint density at radius 3 is 2.67 bits per heavy atom. The van der Waals surface area contributed by atoms with E-state index in [2.05, 4.69) is 40.2 Å². The van der Waals surface area contributed by atoms with E-state index in [9.17, 15) is 4.79 Å². The number of amides is 1. The maximum Gasteiger partial charge on any atom is 0.251 e. The molecule has 3 nitrogen and oxygen atoms in total. The van der Waals surface area contributed by atoms with Gasteiger partial charge in [0, 0.05) is 16.6 Å². The maximum atomic E-state index is 11.9. The van der Waals surface area contributed by atoms with Gasteiger partial charge in [-0.25, -0.2) is 0 Å². The molecule has 1 aromatic carbocycles. The van der Waals surface area contributed by atoms with Crippen LogP contribution in [0.15, 0.2) is 22.7 Å². The number of nitrogens with one attached hydrogen (secondary N) is 1. The van der Waals surface area contributed by atoms with Crippen molar-refractivity contribution < 1.29 is 4.79 Å². The fraction of sp³-hybridized carbons (Fsp3) is 0.500. The third kappa shape index (κ3) is 5.19. The molecule has 0 heterocycles. The molecule has 0 saturated carbocycles. The monoisotopic (exact) mass is 312 g/mol. The Hall–Kier alpha value is -0.870.